The number of carbonyl (C=O) groups excluding carboxylic acids is 2. The van der Waals surface area contributed by atoms with Crippen molar-refractivity contribution in [2.24, 2.45) is 16.7 Å². The van der Waals surface area contributed by atoms with Gasteiger partial charge in [-0.15, -0.1) is 0 Å². The number of hydrogen-bond acceptors (Lipinski definition) is 2. The molecule has 2 aliphatic carbocycles. The molecule has 2 saturated carbocycles. The molecule has 0 bridgehead atoms. The van der Waals surface area contributed by atoms with Gasteiger partial charge in [0.2, 0.25) is 0 Å². The van der Waals surface area contributed by atoms with Crippen LogP contribution in [0.25, 0.3) is 0 Å². The predicted octanol–water partition coefficient (Wildman–Crippen LogP) is 4.31. The number of aldehydes is 2. The summed E-state index contributed by atoms with van der Waals surface area (Å²) in [5.74, 6) is 0.191. The molecule has 0 N–H and O–H groups in total. The Balaban J connectivity index is 2.20. The van der Waals surface area contributed by atoms with E-state index < -0.39 is 0 Å². The van der Waals surface area contributed by atoms with Crippen LogP contribution >= 0.6 is 0 Å². The van der Waals surface area contributed by atoms with E-state index >= 15 is 0 Å². The first-order valence-corrected chi connectivity index (χ1v) is 8.07. The highest BCUT2D eigenvalue weighted by atomic mass is 16.1. The van der Waals surface area contributed by atoms with Gasteiger partial charge in [-0.05, 0) is 43.9 Å². The van der Waals surface area contributed by atoms with Gasteiger partial charge >= 0.3 is 0 Å². The molecule has 0 aromatic heterocycles. The molecule has 2 rings (SSSR count). The third-order valence-corrected chi connectivity index (χ3v) is 5.99. The molecule has 0 saturated heterocycles. The monoisotopic (exact) mass is 264 g/mol. The summed E-state index contributed by atoms with van der Waals surface area (Å²) >= 11 is 0. The van der Waals surface area contributed by atoms with E-state index in [0.29, 0.717) is 0 Å². The Hall–Kier alpha value is -0.660. The topological polar surface area (TPSA) is 34.1 Å². The number of carbonyl (C=O) groups is 2. The van der Waals surface area contributed by atoms with Crippen molar-refractivity contribution in [3.63, 3.8) is 0 Å². The minimum atomic E-state index is -0.158. The van der Waals surface area contributed by atoms with Gasteiger partial charge in [0, 0.05) is 11.3 Å². The average molecular weight is 264 g/mol. The maximum atomic E-state index is 12.0. The van der Waals surface area contributed by atoms with Crippen molar-refractivity contribution in [1.29, 1.82) is 0 Å². The summed E-state index contributed by atoms with van der Waals surface area (Å²) in [5, 5.41) is 0. The van der Waals surface area contributed by atoms with E-state index in [0.717, 1.165) is 38.4 Å². The van der Waals surface area contributed by atoms with Crippen LogP contribution in [0.1, 0.15) is 77.6 Å². The van der Waals surface area contributed by atoms with Crippen LogP contribution in [-0.4, -0.2) is 12.6 Å². The summed E-state index contributed by atoms with van der Waals surface area (Å²) in [6.45, 7) is 2.34. The molecule has 0 spiro atoms. The molecule has 0 radical (unpaired) electrons. The molecule has 0 aromatic rings. The summed E-state index contributed by atoms with van der Waals surface area (Å²) in [6, 6.07) is 0. The molecule has 19 heavy (non-hydrogen) atoms. The van der Waals surface area contributed by atoms with Gasteiger partial charge in [0.25, 0.3) is 0 Å². The smallest absolute Gasteiger partial charge is 0.126 e. The largest absolute Gasteiger partial charge is 0.303 e. The van der Waals surface area contributed by atoms with Crippen LogP contribution in [0.2, 0.25) is 0 Å². The zero-order valence-electron chi connectivity index (χ0n) is 12.3. The highest BCUT2D eigenvalue weighted by molar-refractivity contribution is 5.62. The van der Waals surface area contributed by atoms with E-state index in [1.54, 1.807) is 0 Å². The first kappa shape index (κ1) is 14.7. The van der Waals surface area contributed by atoms with Gasteiger partial charge in [0.1, 0.15) is 12.6 Å². The Kier molecular flexibility index (Phi) is 4.81. The fourth-order valence-corrected chi connectivity index (χ4v) is 4.40. The van der Waals surface area contributed by atoms with Crippen molar-refractivity contribution in [2.75, 3.05) is 0 Å². The van der Waals surface area contributed by atoms with E-state index in [1.807, 2.05) is 0 Å². The lowest BCUT2D eigenvalue weighted by Crippen LogP contribution is -2.41. The zero-order valence-corrected chi connectivity index (χ0v) is 12.3. The first-order chi connectivity index (χ1) is 9.16. The van der Waals surface area contributed by atoms with Crippen LogP contribution in [0.3, 0.4) is 0 Å². The summed E-state index contributed by atoms with van der Waals surface area (Å²) in [6.07, 6.45) is 14.8. The second-order valence-corrected chi connectivity index (χ2v) is 7.08. The molecule has 0 aromatic carbocycles. The predicted molar refractivity (Wildman–Crippen MR) is 76.9 cm³/mol. The van der Waals surface area contributed by atoms with Gasteiger partial charge in [0.05, 0.1) is 0 Å². The minimum Gasteiger partial charge on any atom is -0.303 e. The minimum absolute atomic E-state index is 0.158. The molecule has 2 unspecified atom stereocenters. The Bertz CT molecular complexity index is 315. The quantitative estimate of drug-likeness (QED) is 0.562. The molecule has 2 fully saturated rings. The zero-order chi connectivity index (χ0) is 13.8. The Labute approximate surface area is 117 Å². The van der Waals surface area contributed by atoms with Crippen LogP contribution < -0.4 is 0 Å². The Morgan fingerprint density at radius 3 is 2.11 bits per heavy atom. The lowest BCUT2D eigenvalue weighted by atomic mass is 9.58. The SMILES string of the molecule is CC1(C2(C=O)CCCC(C=O)CC2)CCCCCC1. The third kappa shape index (κ3) is 2.93. The first-order valence-electron chi connectivity index (χ1n) is 8.07. The number of hydrogen-bond donors (Lipinski definition) is 0. The average Bonchev–Trinajstić information content (AvgIpc) is 2.78. The molecule has 2 aliphatic rings. The summed E-state index contributed by atoms with van der Waals surface area (Å²) in [4.78, 5) is 23.0. The van der Waals surface area contributed by atoms with Crippen molar-refractivity contribution >= 4 is 12.6 Å². The van der Waals surface area contributed by atoms with Gasteiger partial charge in [0.15, 0.2) is 0 Å². The van der Waals surface area contributed by atoms with Crippen LogP contribution in [-0.2, 0) is 9.59 Å². The standard InChI is InChI=1S/C17H28O2/c1-16(9-4-2-3-5-10-16)17(14-19)11-6-7-15(13-18)8-12-17/h13-15H,2-12H2,1H3. The Morgan fingerprint density at radius 2 is 1.53 bits per heavy atom. The normalized spacial score (nSPS) is 35.9. The van der Waals surface area contributed by atoms with Crippen LogP contribution in [0.5, 0.6) is 0 Å². The third-order valence-electron chi connectivity index (χ3n) is 5.99. The van der Waals surface area contributed by atoms with E-state index in [1.165, 1.54) is 44.8 Å². The second kappa shape index (κ2) is 6.19. The second-order valence-electron chi connectivity index (χ2n) is 7.08. The van der Waals surface area contributed by atoms with E-state index in [2.05, 4.69) is 6.92 Å². The summed E-state index contributed by atoms with van der Waals surface area (Å²) < 4.78 is 0. The van der Waals surface area contributed by atoms with Crippen LogP contribution in [0, 0.1) is 16.7 Å². The lowest BCUT2D eigenvalue weighted by molar-refractivity contribution is -0.126. The fraction of sp³-hybridized carbons (Fsp3) is 0.882. The maximum Gasteiger partial charge on any atom is 0.126 e. The highest BCUT2D eigenvalue weighted by Crippen LogP contribution is 2.54. The summed E-state index contributed by atoms with van der Waals surface area (Å²) in [5.41, 5.74) is 0.0120. The van der Waals surface area contributed by atoms with E-state index in [4.69, 9.17) is 0 Å². The van der Waals surface area contributed by atoms with Gasteiger partial charge in [-0.25, -0.2) is 0 Å². The molecule has 0 amide bonds. The number of rotatable bonds is 3. The molecule has 0 heterocycles. The lowest BCUT2D eigenvalue weighted by Gasteiger charge is -2.45. The van der Waals surface area contributed by atoms with Crippen molar-refractivity contribution in [3.8, 4) is 0 Å². The Morgan fingerprint density at radius 1 is 0.842 bits per heavy atom. The van der Waals surface area contributed by atoms with Crippen LogP contribution in [0.4, 0.5) is 0 Å². The van der Waals surface area contributed by atoms with Crippen molar-refractivity contribution in [3.05, 3.63) is 0 Å². The van der Waals surface area contributed by atoms with Gasteiger partial charge in [-0.1, -0.05) is 39.0 Å². The van der Waals surface area contributed by atoms with Crippen molar-refractivity contribution in [1.82, 2.24) is 0 Å². The molecule has 0 aliphatic heterocycles. The molecule has 2 atom stereocenters. The molecular formula is C17H28O2. The van der Waals surface area contributed by atoms with Crippen LogP contribution in [0.15, 0.2) is 0 Å². The molecular weight excluding hydrogens is 236 g/mol. The summed E-state index contributed by atoms with van der Waals surface area (Å²) in [7, 11) is 0. The maximum absolute atomic E-state index is 12.0. The fourth-order valence-electron chi connectivity index (χ4n) is 4.40. The van der Waals surface area contributed by atoms with Gasteiger partial charge in [-0.3, -0.25) is 0 Å². The molecule has 108 valence electrons. The molecule has 2 heteroatoms. The van der Waals surface area contributed by atoms with E-state index in [-0.39, 0.29) is 16.7 Å². The van der Waals surface area contributed by atoms with Crippen molar-refractivity contribution in [2.45, 2.75) is 77.6 Å². The van der Waals surface area contributed by atoms with Gasteiger partial charge in [-0.2, -0.15) is 0 Å². The van der Waals surface area contributed by atoms with E-state index in [9.17, 15) is 9.59 Å². The highest BCUT2D eigenvalue weighted by Gasteiger charge is 2.48. The van der Waals surface area contributed by atoms with Gasteiger partial charge < -0.3 is 9.59 Å². The molecule has 2 nitrogen and oxygen atoms in total. The van der Waals surface area contributed by atoms with Crippen molar-refractivity contribution < 1.29 is 9.59 Å².